The van der Waals surface area contributed by atoms with Gasteiger partial charge in [0, 0.05) is 6.42 Å². The van der Waals surface area contributed by atoms with Crippen molar-refractivity contribution < 1.29 is 34.6 Å². The molecule has 0 bridgehead atoms. The molecule has 9 heteroatoms. The van der Waals surface area contributed by atoms with Crippen LogP contribution in [0.4, 0.5) is 0 Å². The highest BCUT2D eigenvalue weighted by molar-refractivity contribution is 5.88. The molecule has 1 aliphatic rings. The van der Waals surface area contributed by atoms with Crippen LogP contribution in [0.5, 0.6) is 11.5 Å². The van der Waals surface area contributed by atoms with E-state index in [0.29, 0.717) is 17.7 Å². The summed E-state index contributed by atoms with van der Waals surface area (Å²) in [5.41, 5.74) is 3.41. The number of methoxy groups -OCH3 is 1. The number of nitrogens with one attached hydrogen (secondary N) is 1. The lowest BCUT2D eigenvalue weighted by Gasteiger charge is -2.39. The van der Waals surface area contributed by atoms with Gasteiger partial charge in [0.15, 0.2) is 0 Å². The fourth-order valence-electron chi connectivity index (χ4n) is 3.77. The Morgan fingerprint density at radius 2 is 1.81 bits per heavy atom. The van der Waals surface area contributed by atoms with Crippen LogP contribution < -0.4 is 9.47 Å². The summed E-state index contributed by atoms with van der Waals surface area (Å²) in [5.74, 6) is 1.18. The van der Waals surface area contributed by atoms with Crippen molar-refractivity contribution >= 4 is 10.9 Å². The summed E-state index contributed by atoms with van der Waals surface area (Å²) in [6, 6.07) is 11.4. The van der Waals surface area contributed by atoms with Gasteiger partial charge in [-0.05, 0) is 42.3 Å². The number of H-pyrrole nitrogens is 1. The van der Waals surface area contributed by atoms with E-state index >= 15 is 0 Å². The first-order valence-electron chi connectivity index (χ1n) is 9.99. The normalized spacial score (nSPS) is 26.2. The number of aliphatic hydroxyl groups excluding tert-OH is 4. The number of fused-ring (bicyclic) bond motifs is 1. The maximum atomic E-state index is 10.4. The lowest BCUT2D eigenvalue weighted by Crippen LogP contribution is -2.60. The fourth-order valence-corrected chi connectivity index (χ4v) is 3.77. The van der Waals surface area contributed by atoms with Crippen LogP contribution in [-0.4, -0.2) is 75.0 Å². The van der Waals surface area contributed by atoms with Gasteiger partial charge < -0.3 is 34.6 Å². The summed E-state index contributed by atoms with van der Waals surface area (Å²) in [7, 11) is 1.61. The molecule has 5 N–H and O–H groups in total. The van der Waals surface area contributed by atoms with Crippen molar-refractivity contribution in [1.82, 2.24) is 10.2 Å². The van der Waals surface area contributed by atoms with Crippen LogP contribution in [0, 0.1) is 6.92 Å². The van der Waals surface area contributed by atoms with Crippen molar-refractivity contribution in [2.45, 2.75) is 44.1 Å². The molecule has 5 unspecified atom stereocenters. The number of aryl methyl sites for hydroxylation is 1. The first-order chi connectivity index (χ1) is 14.9. The third kappa shape index (κ3) is 4.23. The summed E-state index contributed by atoms with van der Waals surface area (Å²) in [6.45, 7) is 1.36. The number of hydrogen-bond donors (Lipinski definition) is 5. The van der Waals surface area contributed by atoms with Crippen LogP contribution in [0.3, 0.4) is 0 Å². The number of nitrogens with zero attached hydrogens (tertiary/aromatic N) is 1. The molecule has 9 nitrogen and oxygen atoms in total. The Labute approximate surface area is 178 Å². The average Bonchev–Trinajstić information content (AvgIpc) is 3.17. The molecule has 0 radical (unpaired) electrons. The summed E-state index contributed by atoms with van der Waals surface area (Å²) in [5, 5.41) is 48.0. The Hall–Kier alpha value is -2.69. The molecular formula is C22H26N2O7. The van der Waals surface area contributed by atoms with Gasteiger partial charge >= 0.3 is 0 Å². The number of aromatic amines is 1. The Morgan fingerprint density at radius 1 is 1.06 bits per heavy atom. The van der Waals surface area contributed by atoms with E-state index in [1.165, 1.54) is 0 Å². The zero-order chi connectivity index (χ0) is 22.1. The number of rotatable bonds is 6. The number of ether oxygens (including phenoxy) is 3. The molecule has 0 amide bonds. The van der Waals surface area contributed by atoms with Gasteiger partial charge in [0.05, 0.1) is 30.3 Å². The highest BCUT2D eigenvalue weighted by Gasteiger charge is 2.44. The molecular weight excluding hydrogens is 404 g/mol. The van der Waals surface area contributed by atoms with E-state index in [-0.39, 0.29) is 0 Å². The molecule has 5 atom stereocenters. The molecule has 166 valence electrons. The van der Waals surface area contributed by atoms with Crippen LogP contribution in [0.2, 0.25) is 0 Å². The SMILES string of the molecule is COc1ccc(Cc2[nH]nc3cc(C)cc(OC4OC(CO)C(O)C(O)C4O)c23)cc1. The third-order valence-electron chi connectivity index (χ3n) is 5.47. The molecule has 1 saturated heterocycles. The second-order valence-electron chi connectivity index (χ2n) is 7.70. The second-order valence-corrected chi connectivity index (χ2v) is 7.70. The first-order valence-corrected chi connectivity index (χ1v) is 9.99. The van der Waals surface area contributed by atoms with Gasteiger partial charge in [0.25, 0.3) is 0 Å². The average molecular weight is 430 g/mol. The lowest BCUT2D eigenvalue weighted by atomic mass is 9.99. The molecule has 4 rings (SSSR count). The van der Waals surface area contributed by atoms with Crippen molar-refractivity contribution in [3.63, 3.8) is 0 Å². The van der Waals surface area contributed by atoms with E-state index in [4.69, 9.17) is 14.2 Å². The van der Waals surface area contributed by atoms with Crippen molar-refractivity contribution in [2.75, 3.05) is 13.7 Å². The van der Waals surface area contributed by atoms with Gasteiger partial charge in [0.2, 0.25) is 6.29 Å². The predicted octanol–water partition coefficient (Wildman–Crippen LogP) is 0.649. The highest BCUT2D eigenvalue weighted by atomic mass is 16.7. The van der Waals surface area contributed by atoms with Gasteiger partial charge in [-0.1, -0.05) is 12.1 Å². The van der Waals surface area contributed by atoms with E-state index < -0.39 is 37.3 Å². The number of hydrogen-bond acceptors (Lipinski definition) is 8. The summed E-state index contributed by atoms with van der Waals surface area (Å²) >= 11 is 0. The van der Waals surface area contributed by atoms with Crippen LogP contribution in [0.25, 0.3) is 10.9 Å². The second kappa shape index (κ2) is 8.81. The van der Waals surface area contributed by atoms with Crippen molar-refractivity contribution in [3.05, 3.63) is 53.2 Å². The Morgan fingerprint density at radius 3 is 2.48 bits per heavy atom. The van der Waals surface area contributed by atoms with E-state index in [0.717, 1.165) is 28.0 Å². The Kier molecular flexibility index (Phi) is 6.12. The quantitative estimate of drug-likeness (QED) is 0.384. The molecule has 0 saturated carbocycles. The van der Waals surface area contributed by atoms with Crippen LogP contribution in [0.1, 0.15) is 16.8 Å². The summed E-state index contributed by atoms with van der Waals surface area (Å²) < 4.78 is 16.7. The molecule has 3 aromatic rings. The smallest absolute Gasteiger partial charge is 0.229 e. The minimum atomic E-state index is -1.51. The molecule has 2 heterocycles. The van der Waals surface area contributed by atoms with Crippen molar-refractivity contribution in [3.8, 4) is 11.5 Å². The van der Waals surface area contributed by atoms with E-state index in [2.05, 4.69) is 10.2 Å². The van der Waals surface area contributed by atoms with Gasteiger partial charge in [-0.25, -0.2) is 0 Å². The summed E-state index contributed by atoms with van der Waals surface area (Å²) in [6.07, 6.45) is -6.23. The topological polar surface area (TPSA) is 137 Å². The highest BCUT2D eigenvalue weighted by Crippen LogP contribution is 2.33. The molecule has 2 aromatic carbocycles. The molecule has 31 heavy (non-hydrogen) atoms. The van der Waals surface area contributed by atoms with Gasteiger partial charge in [-0.3, -0.25) is 5.10 Å². The zero-order valence-electron chi connectivity index (χ0n) is 17.2. The fraction of sp³-hybridized carbons (Fsp3) is 0.409. The van der Waals surface area contributed by atoms with E-state index in [1.807, 2.05) is 37.3 Å². The maximum Gasteiger partial charge on any atom is 0.229 e. The lowest BCUT2D eigenvalue weighted by molar-refractivity contribution is -0.277. The Balaban J connectivity index is 1.66. The molecule has 0 aliphatic carbocycles. The largest absolute Gasteiger partial charge is 0.497 e. The van der Waals surface area contributed by atoms with E-state index in [9.17, 15) is 20.4 Å². The number of aliphatic hydroxyl groups is 4. The number of aromatic nitrogens is 2. The molecule has 0 spiro atoms. The van der Waals surface area contributed by atoms with Crippen LogP contribution in [0.15, 0.2) is 36.4 Å². The Bertz CT molecular complexity index is 1030. The third-order valence-corrected chi connectivity index (χ3v) is 5.47. The summed E-state index contributed by atoms with van der Waals surface area (Å²) in [4.78, 5) is 0. The molecule has 1 fully saturated rings. The van der Waals surface area contributed by atoms with Gasteiger partial charge in [-0.15, -0.1) is 0 Å². The monoisotopic (exact) mass is 430 g/mol. The maximum absolute atomic E-state index is 10.4. The van der Waals surface area contributed by atoms with Crippen molar-refractivity contribution in [1.29, 1.82) is 0 Å². The van der Waals surface area contributed by atoms with Gasteiger partial charge in [-0.2, -0.15) is 5.10 Å². The number of benzene rings is 2. The standard InChI is InChI=1S/C22H26N2O7/c1-11-7-14-18(15(24-23-14)9-12-3-5-13(29-2)6-4-12)16(8-11)30-22-21(28)20(27)19(26)17(10-25)31-22/h3-8,17,19-22,25-28H,9-10H2,1-2H3,(H,23,24). The molecule has 1 aliphatic heterocycles. The minimum absolute atomic E-state index is 0.414. The van der Waals surface area contributed by atoms with Crippen LogP contribution >= 0.6 is 0 Å². The minimum Gasteiger partial charge on any atom is -0.497 e. The van der Waals surface area contributed by atoms with Crippen LogP contribution in [-0.2, 0) is 11.2 Å². The van der Waals surface area contributed by atoms with Crippen molar-refractivity contribution in [2.24, 2.45) is 0 Å². The molecule has 1 aromatic heterocycles. The predicted molar refractivity (Wildman–Crippen MR) is 111 cm³/mol. The first kappa shape index (κ1) is 21.5. The van der Waals surface area contributed by atoms with Gasteiger partial charge in [0.1, 0.15) is 35.9 Å². The van der Waals surface area contributed by atoms with E-state index in [1.54, 1.807) is 13.2 Å². The zero-order valence-corrected chi connectivity index (χ0v) is 17.2.